The molecule has 1 atom stereocenters. The van der Waals surface area contributed by atoms with Gasteiger partial charge in [0.05, 0.1) is 5.56 Å². The van der Waals surface area contributed by atoms with Crippen LogP contribution < -0.4 is 5.73 Å². The van der Waals surface area contributed by atoms with Crippen molar-refractivity contribution in [2.75, 3.05) is 0 Å². The number of aromatic nitrogens is 2. The summed E-state index contributed by atoms with van der Waals surface area (Å²) in [5.41, 5.74) is 4.63. The van der Waals surface area contributed by atoms with Gasteiger partial charge in [0.25, 0.3) is 0 Å². The normalized spacial score (nSPS) is 13.5. The molecule has 0 aliphatic carbocycles. The summed E-state index contributed by atoms with van der Waals surface area (Å²) in [5, 5.41) is 3.59. The minimum Gasteiger partial charge on any atom is -0.339 e. The molecule has 0 fully saturated rings. The molecule has 0 aliphatic rings. The zero-order valence-corrected chi connectivity index (χ0v) is 12.0. The second-order valence-corrected chi connectivity index (χ2v) is 5.30. The van der Waals surface area contributed by atoms with Crippen LogP contribution in [0.3, 0.4) is 0 Å². The van der Waals surface area contributed by atoms with Crippen LogP contribution in [0.4, 0.5) is 13.2 Å². The van der Waals surface area contributed by atoms with E-state index in [1.165, 1.54) is 12.1 Å². The molecule has 0 aliphatic heterocycles. The second kappa shape index (κ2) is 5.53. The Morgan fingerprint density at radius 3 is 2.70 bits per heavy atom. The van der Waals surface area contributed by atoms with Crippen molar-refractivity contribution in [2.45, 2.75) is 25.6 Å². The van der Waals surface area contributed by atoms with Crippen LogP contribution in [0.15, 0.2) is 27.2 Å². The van der Waals surface area contributed by atoms with E-state index in [2.05, 4.69) is 26.1 Å². The molecule has 2 rings (SSSR count). The first-order valence-corrected chi connectivity index (χ1v) is 6.52. The molecule has 4 nitrogen and oxygen atoms in total. The van der Waals surface area contributed by atoms with Crippen LogP contribution in [-0.4, -0.2) is 16.2 Å². The van der Waals surface area contributed by atoms with Gasteiger partial charge in [-0.1, -0.05) is 21.1 Å². The largest absolute Gasteiger partial charge is 0.417 e. The molecule has 1 heterocycles. The van der Waals surface area contributed by atoms with Crippen LogP contribution >= 0.6 is 15.9 Å². The van der Waals surface area contributed by atoms with Gasteiger partial charge in [0.2, 0.25) is 11.7 Å². The van der Waals surface area contributed by atoms with E-state index < -0.39 is 11.7 Å². The van der Waals surface area contributed by atoms with Gasteiger partial charge in [0, 0.05) is 22.5 Å². The minimum absolute atomic E-state index is 0.0968. The van der Waals surface area contributed by atoms with Gasteiger partial charge in [0.1, 0.15) is 0 Å². The summed E-state index contributed by atoms with van der Waals surface area (Å²) in [6.07, 6.45) is -4.19. The van der Waals surface area contributed by atoms with Gasteiger partial charge in [-0.25, -0.2) is 0 Å². The van der Waals surface area contributed by atoms with Crippen molar-refractivity contribution >= 4 is 15.9 Å². The van der Waals surface area contributed by atoms with Crippen molar-refractivity contribution in [3.8, 4) is 11.4 Å². The molecule has 1 unspecified atom stereocenters. The lowest BCUT2D eigenvalue weighted by Gasteiger charge is -2.10. The predicted octanol–water partition coefficient (Wildman–Crippen LogP) is 3.41. The second-order valence-electron chi connectivity index (χ2n) is 4.38. The minimum atomic E-state index is -4.50. The Bertz CT molecular complexity index is 610. The third-order valence-electron chi connectivity index (χ3n) is 2.49. The quantitative estimate of drug-likeness (QED) is 0.922. The lowest BCUT2D eigenvalue weighted by Crippen LogP contribution is -2.17. The monoisotopic (exact) mass is 349 g/mol. The molecule has 0 bridgehead atoms. The Kier molecular flexibility index (Phi) is 4.14. The third-order valence-corrected chi connectivity index (χ3v) is 2.99. The summed E-state index contributed by atoms with van der Waals surface area (Å²) in [5.74, 6) is 0.117. The number of nitrogens with two attached hydrogens (primary N) is 1. The zero-order chi connectivity index (χ0) is 14.9. The van der Waals surface area contributed by atoms with Crippen LogP contribution in [0.1, 0.15) is 18.4 Å². The Hall–Kier alpha value is -1.41. The van der Waals surface area contributed by atoms with E-state index >= 15 is 0 Å². The van der Waals surface area contributed by atoms with Crippen molar-refractivity contribution in [3.63, 3.8) is 0 Å². The van der Waals surface area contributed by atoms with E-state index in [1.54, 1.807) is 6.92 Å². The average Bonchev–Trinajstić information content (AvgIpc) is 2.75. The summed E-state index contributed by atoms with van der Waals surface area (Å²) in [4.78, 5) is 3.95. The van der Waals surface area contributed by atoms with E-state index in [1.807, 2.05) is 0 Å². The van der Waals surface area contributed by atoms with E-state index in [4.69, 9.17) is 10.3 Å². The fraction of sp³-hybridized carbons (Fsp3) is 0.333. The van der Waals surface area contributed by atoms with Gasteiger partial charge in [-0.15, -0.1) is 0 Å². The highest BCUT2D eigenvalue weighted by Gasteiger charge is 2.35. The van der Waals surface area contributed by atoms with Crippen LogP contribution in [-0.2, 0) is 12.6 Å². The number of halogens is 4. The van der Waals surface area contributed by atoms with Gasteiger partial charge in [0.15, 0.2) is 0 Å². The molecule has 2 aromatic rings. The number of hydrogen-bond acceptors (Lipinski definition) is 4. The average molecular weight is 350 g/mol. The Morgan fingerprint density at radius 2 is 2.10 bits per heavy atom. The standard InChI is InChI=1S/C12H11BrF3N3O/c1-6(17)4-10-18-11(19-20-10)8-3-2-7(13)5-9(8)12(14,15)16/h2-3,5-6H,4,17H2,1H3. The van der Waals surface area contributed by atoms with Crippen LogP contribution in [0.25, 0.3) is 11.4 Å². The lowest BCUT2D eigenvalue weighted by molar-refractivity contribution is -0.137. The molecule has 8 heteroatoms. The first-order chi connectivity index (χ1) is 9.27. The fourth-order valence-electron chi connectivity index (χ4n) is 1.67. The molecular weight excluding hydrogens is 339 g/mol. The highest BCUT2D eigenvalue weighted by atomic mass is 79.9. The van der Waals surface area contributed by atoms with Gasteiger partial charge in [-0.05, 0) is 25.1 Å². The molecule has 20 heavy (non-hydrogen) atoms. The number of hydrogen-bond donors (Lipinski definition) is 1. The Balaban J connectivity index is 2.45. The molecule has 0 saturated carbocycles. The highest BCUT2D eigenvalue weighted by molar-refractivity contribution is 9.10. The number of alkyl halides is 3. The summed E-state index contributed by atoms with van der Waals surface area (Å²) in [6.45, 7) is 1.74. The molecule has 1 aromatic carbocycles. The first-order valence-electron chi connectivity index (χ1n) is 5.72. The van der Waals surface area contributed by atoms with Crippen molar-refractivity contribution in [3.05, 3.63) is 34.1 Å². The van der Waals surface area contributed by atoms with Crippen molar-refractivity contribution in [2.24, 2.45) is 5.73 Å². The first kappa shape index (κ1) is 15.0. The third kappa shape index (κ3) is 3.37. The number of benzene rings is 1. The number of nitrogens with zero attached hydrogens (tertiary/aromatic N) is 2. The lowest BCUT2D eigenvalue weighted by atomic mass is 10.1. The Morgan fingerprint density at radius 1 is 1.40 bits per heavy atom. The molecule has 2 N–H and O–H groups in total. The van der Waals surface area contributed by atoms with E-state index in [9.17, 15) is 13.2 Å². The van der Waals surface area contributed by atoms with Crippen molar-refractivity contribution in [1.29, 1.82) is 0 Å². The van der Waals surface area contributed by atoms with E-state index in [0.717, 1.165) is 6.07 Å². The molecule has 0 amide bonds. The predicted molar refractivity (Wildman–Crippen MR) is 69.8 cm³/mol. The fourth-order valence-corrected chi connectivity index (χ4v) is 2.03. The Labute approximate surface area is 121 Å². The van der Waals surface area contributed by atoms with Gasteiger partial charge in [-0.3, -0.25) is 0 Å². The summed E-state index contributed by atoms with van der Waals surface area (Å²) in [7, 11) is 0. The maximum absolute atomic E-state index is 13.0. The molecule has 0 radical (unpaired) electrons. The zero-order valence-electron chi connectivity index (χ0n) is 10.4. The van der Waals surface area contributed by atoms with Crippen LogP contribution in [0, 0.1) is 0 Å². The molecule has 0 spiro atoms. The highest BCUT2D eigenvalue weighted by Crippen LogP contribution is 2.37. The van der Waals surface area contributed by atoms with Gasteiger partial charge in [-0.2, -0.15) is 18.2 Å². The van der Waals surface area contributed by atoms with E-state index in [-0.39, 0.29) is 23.3 Å². The van der Waals surface area contributed by atoms with Crippen LogP contribution in [0.5, 0.6) is 0 Å². The molecule has 108 valence electrons. The molecule has 1 aromatic heterocycles. The van der Waals surface area contributed by atoms with Crippen LogP contribution in [0.2, 0.25) is 0 Å². The molecule has 0 saturated heterocycles. The maximum atomic E-state index is 13.0. The van der Waals surface area contributed by atoms with Crippen molar-refractivity contribution in [1.82, 2.24) is 10.1 Å². The topological polar surface area (TPSA) is 64.9 Å². The summed E-state index contributed by atoms with van der Waals surface area (Å²) >= 11 is 3.02. The van der Waals surface area contributed by atoms with Gasteiger partial charge < -0.3 is 10.3 Å². The molecular formula is C12H11BrF3N3O. The smallest absolute Gasteiger partial charge is 0.339 e. The van der Waals surface area contributed by atoms with E-state index in [0.29, 0.717) is 10.9 Å². The van der Waals surface area contributed by atoms with Crippen molar-refractivity contribution < 1.29 is 17.7 Å². The number of rotatable bonds is 3. The maximum Gasteiger partial charge on any atom is 0.417 e. The SMILES string of the molecule is CC(N)Cc1nc(-c2ccc(Br)cc2C(F)(F)F)no1. The van der Waals surface area contributed by atoms with Gasteiger partial charge >= 0.3 is 6.18 Å². The summed E-state index contributed by atoms with van der Waals surface area (Å²) in [6, 6.07) is 3.56. The summed E-state index contributed by atoms with van der Waals surface area (Å²) < 4.78 is 44.2.